The van der Waals surface area contributed by atoms with Crippen molar-refractivity contribution in [1.82, 2.24) is 19.7 Å². The van der Waals surface area contributed by atoms with Crippen LogP contribution in [0.3, 0.4) is 0 Å². The lowest BCUT2D eigenvalue weighted by atomic mass is 9.92. The maximum absolute atomic E-state index is 5.34. The number of rotatable bonds is 8. The molecule has 0 bridgehead atoms. The van der Waals surface area contributed by atoms with Gasteiger partial charge in [-0.15, -0.1) is 11.3 Å². The topological polar surface area (TPSA) is 46.8 Å². The molecule has 0 saturated carbocycles. The van der Waals surface area contributed by atoms with Gasteiger partial charge >= 0.3 is 0 Å². The lowest BCUT2D eigenvalue weighted by Crippen LogP contribution is -2.12. The zero-order chi connectivity index (χ0) is 33.5. The summed E-state index contributed by atoms with van der Waals surface area (Å²) in [5.74, 6) is 2.32. The maximum Gasteiger partial charge on any atom is 0.163 e. The molecule has 3 aromatic heterocycles. The van der Waals surface area contributed by atoms with E-state index in [1.165, 1.54) is 31.3 Å². The number of pyridine rings is 1. The average molecular weight is 656 g/mol. The zero-order valence-electron chi connectivity index (χ0n) is 28.1. The maximum atomic E-state index is 5.34. The summed E-state index contributed by atoms with van der Waals surface area (Å²) in [5, 5.41) is 7.36. The highest BCUT2D eigenvalue weighted by molar-refractivity contribution is 7.26. The van der Waals surface area contributed by atoms with Gasteiger partial charge in [-0.1, -0.05) is 119 Å². The van der Waals surface area contributed by atoms with Crippen LogP contribution < -0.4 is 4.90 Å². The summed E-state index contributed by atoms with van der Waals surface area (Å²) in [6.45, 7) is 8.95. The molecule has 0 aliphatic rings. The van der Waals surface area contributed by atoms with E-state index in [2.05, 4.69) is 160 Å². The van der Waals surface area contributed by atoms with E-state index in [0.717, 1.165) is 45.5 Å². The molecule has 3 heterocycles. The number of para-hydroxylation sites is 2. The van der Waals surface area contributed by atoms with Gasteiger partial charge in [0.25, 0.3) is 0 Å². The van der Waals surface area contributed by atoms with Crippen LogP contribution in [-0.2, 0) is 0 Å². The molecule has 0 atom stereocenters. The number of benzene rings is 5. The van der Waals surface area contributed by atoms with Crippen molar-refractivity contribution >= 4 is 48.7 Å². The van der Waals surface area contributed by atoms with Gasteiger partial charge in [0, 0.05) is 42.7 Å². The molecule has 49 heavy (non-hydrogen) atoms. The number of hydrogen-bond donors (Lipinski definition) is 0. The molecule has 5 nitrogen and oxygen atoms in total. The first-order valence-corrected chi connectivity index (χ1v) is 17.7. The third-order valence-electron chi connectivity index (χ3n) is 9.12. The van der Waals surface area contributed by atoms with Crippen molar-refractivity contribution in [2.24, 2.45) is 0 Å². The van der Waals surface area contributed by atoms with Crippen LogP contribution in [0.5, 0.6) is 0 Å². The first-order chi connectivity index (χ1) is 24.0. The van der Waals surface area contributed by atoms with E-state index in [9.17, 15) is 0 Å². The van der Waals surface area contributed by atoms with E-state index in [0.29, 0.717) is 11.8 Å². The van der Waals surface area contributed by atoms with Gasteiger partial charge in [-0.3, -0.25) is 4.90 Å². The minimum absolute atomic E-state index is 0.336. The first-order valence-electron chi connectivity index (χ1n) is 16.8. The number of aromatic nitrogens is 4. The Labute approximate surface area is 291 Å². The summed E-state index contributed by atoms with van der Waals surface area (Å²) in [5.41, 5.74) is 8.72. The second-order valence-electron chi connectivity index (χ2n) is 13.0. The fourth-order valence-electron chi connectivity index (χ4n) is 6.78. The predicted molar refractivity (Wildman–Crippen MR) is 206 cm³/mol. The third-order valence-corrected chi connectivity index (χ3v) is 10.3. The molecule has 0 radical (unpaired) electrons. The summed E-state index contributed by atoms with van der Waals surface area (Å²) >= 11 is 1.83. The molecule has 8 aromatic rings. The molecular formula is C43H37N5S. The van der Waals surface area contributed by atoms with Crippen molar-refractivity contribution in [2.75, 3.05) is 4.90 Å². The summed E-state index contributed by atoms with van der Waals surface area (Å²) in [7, 11) is 0. The number of anilines is 3. The molecule has 0 amide bonds. The van der Waals surface area contributed by atoms with Gasteiger partial charge < -0.3 is 0 Å². The molecule has 5 aromatic carbocycles. The van der Waals surface area contributed by atoms with Gasteiger partial charge in [-0.05, 0) is 65.4 Å². The van der Waals surface area contributed by atoms with Crippen molar-refractivity contribution in [3.63, 3.8) is 0 Å². The number of nitrogens with zero attached hydrogens (tertiary/aromatic N) is 5. The first kappa shape index (κ1) is 30.7. The quantitative estimate of drug-likeness (QED) is 0.163. The Morgan fingerprint density at radius 2 is 1.31 bits per heavy atom. The molecule has 0 saturated heterocycles. The van der Waals surface area contributed by atoms with Crippen LogP contribution in [0.15, 0.2) is 140 Å². The summed E-state index contributed by atoms with van der Waals surface area (Å²) in [6, 6.07) is 47.0. The number of hydrogen-bond acceptors (Lipinski definition) is 5. The van der Waals surface area contributed by atoms with E-state index < -0.39 is 0 Å². The van der Waals surface area contributed by atoms with E-state index in [1.807, 2.05) is 22.1 Å². The van der Waals surface area contributed by atoms with E-state index in [4.69, 9.17) is 15.1 Å². The Balaban J connectivity index is 1.26. The van der Waals surface area contributed by atoms with Gasteiger partial charge in [-0.25, -0.2) is 14.6 Å². The molecule has 0 spiro atoms. The normalized spacial score (nSPS) is 11.6. The molecule has 0 N–H and O–H groups in total. The number of thiophene rings is 1. The molecule has 0 aliphatic carbocycles. The van der Waals surface area contributed by atoms with Gasteiger partial charge in [-0.2, -0.15) is 5.10 Å². The summed E-state index contributed by atoms with van der Waals surface area (Å²) in [6.07, 6.45) is 1.66. The van der Waals surface area contributed by atoms with Gasteiger partial charge in [0.2, 0.25) is 0 Å². The highest BCUT2D eigenvalue weighted by Crippen LogP contribution is 2.41. The Morgan fingerprint density at radius 1 is 0.633 bits per heavy atom. The minimum Gasteiger partial charge on any atom is -0.295 e. The van der Waals surface area contributed by atoms with Crippen molar-refractivity contribution < 1.29 is 0 Å². The monoisotopic (exact) mass is 655 g/mol. The van der Waals surface area contributed by atoms with E-state index in [1.54, 1.807) is 6.33 Å². The van der Waals surface area contributed by atoms with Crippen LogP contribution in [-0.4, -0.2) is 19.7 Å². The van der Waals surface area contributed by atoms with Crippen LogP contribution in [0.4, 0.5) is 17.2 Å². The lowest BCUT2D eigenvalue weighted by Gasteiger charge is -2.25. The summed E-state index contributed by atoms with van der Waals surface area (Å²) < 4.78 is 4.57. The second-order valence-corrected chi connectivity index (χ2v) is 14.0. The van der Waals surface area contributed by atoms with Crippen LogP contribution in [0.25, 0.3) is 48.5 Å². The molecule has 0 aliphatic heterocycles. The highest BCUT2D eigenvalue weighted by Gasteiger charge is 2.22. The molecule has 240 valence electrons. The fraction of sp³-hybridized carbons (Fsp3) is 0.140. The Kier molecular flexibility index (Phi) is 8.02. The van der Waals surface area contributed by atoms with Crippen LogP contribution >= 0.6 is 11.3 Å². The SMILES string of the molecule is CC(C)c1cccc(C(C)C)c1-n1ncnc1-c1cccc(N(c2ccccc2)c2cccc(-c3cccc4c3sc3ccccc34)n2)c1. The van der Waals surface area contributed by atoms with Crippen LogP contribution in [0.1, 0.15) is 50.7 Å². The largest absolute Gasteiger partial charge is 0.295 e. The molecule has 8 rings (SSSR count). The van der Waals surface area contributed by atoms with E-state index in [-0.39, 0.29) is 0 Å². The minimum atomic E-state index is 0.336. The standard InChI is InChI=1S/C43H37N5S/c1-28(2)33-19-11-20-34(29(3)4)41(33)48-43(44-27-45-48)30-14-10-17-32(26-30)47(31-15-6-5-7-16-31)40-25-13-23-38(46-40)37-22-12-21-36-35-18-8-9-24-39(35)49-42(36)37/h5-29H,1-4H3. The fourth-order valence-corrected chi connectivity index (χ4v) is 8.00. The smallest absolute Gasteiger partial charge is 0.163 e. The van der Waals surface area contributed by atoms with Crippen LogP contribution in [0, 0.1) is 0 Å². The molecule has 0 unspecified atom stereocenters. The molecule has 0 fully saturated rings. The van der Waals surface area contributed by atoms with Gasteiger partial charge in [0.15, 0.2) is 5.82 Å². The molecular weight excluding hydrogens is 619 g/mol. The second kappa shape index (κ2) is 12.8. The molecule has 6 heteroatoms. The Morgan fingerprint density at radius 3 is 2.10 bits per heavy atom. The Bertz CT molecular complexity index is 2400. The van der Waals surface area contributed by atoms with E-state index >= 15 is 0 Å². The summed E-state index contributed by atoms with van der Waals surface area (Å²) in [4.78, 5) is 12.4. The lowest BCUT2D eigenvalue weighted by molar-refractivity contribution is 0.773. The van der Waals surface area contributed by atoms with Crippen LogP contribution in [0.2, 0.25) is 0 Å². The number of fused-ring (bicyclic) bond motifs is 3. The predicted octanol–water partition coefficient (Wildman–Crippen LogP) is 12.1. The van der Waals surface area contributed by atoms with Crippen molar-refractivity contribution in [3.05, 3.63) is 151 Å². The van der Waals surface area contributed by atoms with Crippen molar-refractivity contribution in [2.45, 2.75) is 39.5 Å². The third kappa shape index (κ3) is 5.58. The zero-order valence-corrected chi connectivity index (χ0v) is 28.9. The highest BCUT2D eigenvalue weighted by atomic mass is 32.1. The van der Waals surface area contributed by atoms with Crippen molar-refractivity contribution in [1.29, 1.82) is 0 Å². The average Bonchev–Trinajstić information content (AvgIpc) is 3.78. The van der Waals surface area contributed by atoms with Crippen molar-refractivity contribution in [3.8, 4) is 28.3 Å². The van der Waals surface area contributed by atoms with Gasteiger partial charge in [0.05, 0.1) is 11.4 Å². The Hall–Kier alpha value is -5.59. The van der Waals surface area contributed by atoms with Gasteiger partial charge in [0.1, 0.15) is 12.1 Å².